The minimum atomic E-state index is -1.13. The van der Waals surface area contributed by atoms with Gasteiger partial charge in [-0.1, -0.05) is 73.3 Å². The molecule has 32 heavy (non-hydrogen) atoms. The Hall–Kier alpha value is -2.41. The number of hydrogen-bond acceptors (Lipinski definition) is 6. The lowest BCUT2D eigenvalue weighted by Gasteiger charge is -2.26. The highest BCUT2D eigenvalue weighted by molar-refractivity contribution is 5.77. The molecule has 0 aliphatic heterocycles. The molecule has 0 amide bonds. The molecule has 0 spiro atoms. The molecule has 1 aromatic carbocycles. The van der Waals surface area contributed by atoms with Crippen molar-refractivity contribution in [3.8, 4) is 11.5 Å². The Morgan fingerprint density at radius 3 is 1.72 bits per heavy atom. The minimum Gasteiger partial charge on any atom is -0.480 e. The van der Waals surface area contributed by atoms with Crippen molar-refractivity contribution in [2.45, 2.75) is 92.5 Å². The summed E-state index contributed by atoms with van der Waals surface area (Å²) in [6.45, 7) is 12.2. The van der Waals surface area contributed by atoms with Gasteiger partial charge in [0.1, 0.15) is 6.04 Å². The van der Waals surface area contributed by atoms with E-state index in [0.29, 0.717) is 5.56 Å². The fraction of sp³-hybridized carbons (Fsp3) is 0.640. The number of ether oxygens (including phenoxy) is 2. The van der Waals surface area contributed by atoms with E-state index in [2.05, 4.69) is 0 Å². The SMILES string of the molecule is CCC(C)(CC)CC(=O)Oc1ccc(C[C@H](N)C(=O)O)cc1OC(=O)CC(C)(CC)CC. The highest BCUT2D eigenvalue weighted by atomic mass is 16.6. The quantitative estimate of drug-likeness (QED) is 0.325. The molecule has 0 fully saturated rings. The molecule has 7 nitrogen and oxygen atoms in total. The van der Waals surface area contributed by atoms with E-state index in [1.807, 2.05) is 41.5 Å². The molecule has 0 unspecified atom stereocenters. The monoisotopic (exact) mass is 449 g/mol. The topological polar surface area (TPSA) is 116 Å². The van der Waals surface area contributed by atoms with E-state index in [9.17, 15) is 14.4 Å². The molecule has 0 bridgehead atoms. The van der Waals surface area contributed by atoms with Crippen molar-refractivity contribution < 1.29 is 29.0 Å². The first kappa shape index (κ1) is 27.6. The van der Waals surface area contributed by atoms with Gasteiger partial charge in [0.05, 0.1) is 12.8 Å². The molecule has 1 aromatic rings. The summed E-state index contributed by atoms with van der Waals surface area (Å²) in [5.74, 6) is -1.72. The van der Waals surface area contributed by atoms with Crippen LogP contribution in [0.4, 0.5) is 0 Å². The van der Waals surface area contributed by atoms with E-state index in [0.717, 1.165) is 25.7 Å². The van der Waals surface area contributed by atoms with Gasteiger partial charge < -0.3 is 20.3 Å². The fourth-order valence-corrected chi connectivity index (χ4v) is 3.20. The van der Waals surface area contributed by atoms with Gasteiger partial charge in [-0.2, -0.15) is 0 Å². The van der Waals surface area contributed by atoms with Crippen molar-refractivity contribution >= 4 is 17.9 Å². The molecule has 7 heteroatoms. The smallest absolute Gasteiger partial charge is 0.320 e. The molecule has 0 aliphatic rings. The van der Waals surface area contributed by atoms with Gasteiger partial charge in [-0.25, -0.2) is 0 Å². The predicted molar refractivity (Wildman–Crippen MR) is 124 cm³/mol. The molecule has 0 aliphatic carbocycles. The summed E-state index contributed by atoms with van der Waals surface area (Å²) in [4.78, 5) is 36.4. The largest absolute Gasteiger partial charge is 0.480 e. The summed E-state index contributed by atoms with van der Waals surface area (Å²) < 4.78 is 11.2. The summed E-state index contributed by atoms with van der Waals surface area (Å²) in [5, 5.41) is 9.09. The Kier molecular flexibility index (Phi) is 10.4. The first-order valence-corrected chi connectivity index (χ1v) is 11.4. The van der Waals surface area contributed by atoms with Gasteiger partial charge in [0, 0.05) is 0 Å². The summed E-state index contributed by atoms with van der Waals surface area (Å²) in [6, 6.07) is 3.59. The second-order valence-corrected chi connectivity index (χ2v) is 9.27. The molecule has 0 aromatic heterocycles. The van der Waals surface area contributed by atoms with Crippen LogP contribution in [0.5, 0.6) is 11.5 Å². The van der Waals surface area contributed by atoms with Crippen LogP contribution in [0.1, 0.15) is 85.6 Å². The molecule has 0 radical (unpaired) electrons. The van der Waals surface area contributed by atoms with E-state index < -0.39 is 23.9 Å². The molecule has 1 atom stereocenters. The Morgan fingerprint density at radius 1 is 0.875 bits per heavy atom. The molecule has 1 rings (SSSR count). The lowest BCUT2D eigenvalue weighted by Crippen LogP contribution is -2.32. The van der Waals surface area contributed by atoms with Gasteiger partial charge in [0.15, 0.2) is 11.5 Å². The van der Waals surface area contributed by atoms with Crippen LogP contribution in [0, 0.1) is 10.8 Å². The van der Waals surface area contributed by atoms with Crippen molar-refractivity contribution in [1.82, 2.24) is 0 Å². The second-order valence-electron chi connectivity index (χ2n) is 9.27. The number of nitrogens with two attached hydrogens (primary N) is 1. The lowest BCUT2D eigenvalue weighted by atomic mass is 9.81. The van der Waals surface area contributed by atoms with Crippen LogP contribution in [0.3, 0.4) is 0 Å². The summed E-state index contributed by atoms with van der Waals surface area (Å²) in [6.07, 6.45) is 3.82. The third-order valence-corrected chi connectivity index (χ3v) is 6.78. The maximum atomic E-state index is 12.7. The predicted octanol–water partition coefficient (Wildman–Crippen LogP) is 4.88. The highest BCUT2D eigenvalue weighted by Crippen LogP contribution is 2.35. The van der Waals surface area contributed by atoms with Crippen LogP contribution in [-0.4, -0.2) is 29.1 Å². The number of carboxylic acids is 1. The molecule has 3 N–H and O–H groups in total. The molecular formula is C25H39NO6. The zero-order chi connectivity index (χ0) is 24.5. The van der Waals surface area contributed by atoms with Crippen molar-refractivity contribution in [2.75, 3.05) is 0 Å². The number of carbonyl (C=O) groups excluding carboxylic acids is 2. The van der Waals surface area contributed by atoms with E-state index in [4.69, 9.17) is 20.3 Å². The maximum absolute atomic E-state index is 12.7. The molecule has 0 saturated carbocycles. The highest BCUT2D eigenvalue weighted by Gasteiger charge is 2.28. The number of esters is 2. The van der Waals surface area contributed by atoms with Crippen molar-refractivity contribution in [3.63, 3.8) is 0 Å². The summed E-state index contributed by atoms with van der Waals surface area (Å²) >= 11 is 0. The first-order valence-electron chi connectivity index (χ1n) is 11.4. The average molecular weight is 450 g/mol. The number of aliphatic carboxylic acids is 1. The molecule has 180 valence electrons. The van der Waals surface area contributed by atoms with Gasteiger partial charge in [0.25, 0.3) is 0 Å². The first-order chi connectivity index (χ1) is 14.9. The number of carbonyl (C=O) groups is 3. The van der Waals surface area contributed by atoms with Crippen molar-refractivity contribution in [1.29, 1.82) is 0 Å². The van der Waals surface area contributed by atoms with Gasteiger partial charge in [-0.3, -0.25) is 14.4 Å². The lowest BCUT2D eigenvalue weighted by molar-refractivity contribution is -0.139. The number of benzene rings is 1. The Balaban J connectivity index is 3.15. The van der Waals surface area contributed by atoms with Crippen LogP contribution >= 0.6 is 0 Å². The number of rotatable bonds is 13. The van der Waals surface area contributed by atoms with Gasteiger partial charge in [-0.15, -0.1) is 0 Å². The van der Waals surface area contributed by atoms with Crippen LogP contribution in [0.15, 0.2) is 18.2 Å². The zero-order valence-electron chi connectivity index (χ0n) is 20.3. The number of carboxylic acid groups (broad SMARTS) is 1. The van der Waals surface area contributed by atoms with Gasteiger partial charge in [0.2, 0.25) is 0 Å². The Bertz CT molecular complexity index is 796. The van der Waals surface area contributed by atoms with E-state index in [-0.39, 0.29) is 41.6 Å². The minimum absolute atomic E-state index is 0.0550. The van der Waals surface area contributed by atoms with Gasteiger partial charge in [-0.05, 0) is 34.9 Å². The summed E-state index contributed by atoms with van der Waals surface area (Å²) in [5.41, 5.74) is 5.85. The van der Waals surface area contributed by atoms with Crippen LogP contribution in [-0.2, 0) is 20.8 Å². The third kappa shape index (κ3) is 8.26. The zero-order valence-corrected chi connectivity index (χ0v) is 20.3. The normalized spacial score (nSPS) is 12.8. The Morgan fingerprint density at radius 2 is 1.31 bits per heavy atom. The van der Waals surface area contributed by atoms with Gasteiger partial charge >= 0.3 is 17.9 Å². The van der Waals surface area contributed by atoms with Crippen LogP contribution in [0.2, 0.25) is 0 Å². The van der Waals surface area contributed by atoms with E-state index in [1.165, 1.54) is 12.1 Å². The summed E-state index contributed by atoms with van der Waals surface area (Å²) in [7, 11) is 0. The maximum Gasteiger partial charge on any atom is 0.320 e. The standard InChI is InChI=1S/C25H39NO6/c1-7-24(5,8-2)15-21(27)31-19-12-11-17(13-18(26)23(29)30)14-20(19)32-22(28)16-25(6,9-3)10-4/h11-12,14,18H,7-10,13,15-16,26H2,1-6H3,(H,29,30)/t18-/m0/s1. The average Bonchev–Trinajstić information content (AvgIpc) is 2.74. The fourth-order valence-electron chi connectivity index (χ4n) is 3.20. The second kappa shape index (κ2) is 12.0. The van der Waals surface area contributed by atoms with E-state index >= 15 is 0 Å². The molecule has 0 heterocycles. The molecular weight excluding hydrogens is 410 g/mol. The van der Waals surface area contributed by atoms with Crippen LogP contribution < -0.4 is 15.2 Å². The van der Waals surface area contributed by atoms with Crippen molar-refractivity contribution in [3.05, 3.63) is 23.8 Å². The van der Waals surface area contributed by atoms with E-state index in [1.54, 1.807) is 6.07 Å². The molecule has 0 saturated heterocycles. The number of hydrogen-bond donors (Lipinski definition) is 2. The van der Waals surface area contributed by atoms with Crippen LogP contribution in [0.25, 0.3) is 0 Å². The Labute approximate surface area is 191 Å². The van der Waals surface area contributed by atoms with Crippen molar-refractivity contribution in [2.24, 2.45) is 16.6 Å². The third-order valence-electron chi connectivity index (χ3n) is 6.78.